The van der Waals surface area contributed by atoms with Crippen LogP contribution in [0.4, 0.5) is 0 Å². The van der Waals surface area contributed by atoms with Crippen molar-refractivity contribution < 1.29 is 4.79 Å². The molecule has 4 heteroatoms. The second-order valence-corrected chi connectivity index (χ2v) is 4.31. The maximum atomic E-state index is 11.3. The van der Waals surface area contributed by atoms with E-state index < -0.39 is 0 Å². The van der Waals surface area contributed by atoms with Gasteiger partial charge in [0.15, 0.2) is 0 Å². The van der Waals surface area contributed by atoms with E-state index in [1.807, 2.05) is 7.05 Å². The Morgan fingerprint density at radius 3 is 2.86 bits per heavy atom. The van der Waals surface area contributed by atoms with Gasteiger partial charge in [0.25, 0.3) is 0 Å². The molecule has 0 spiro atoms. The third-order valence-electron chi connectivity index (χ3n) is 2.95. The molecule has 0 saturated carbocycles. The zero-order valence-corrected chi connectivity index (χ0v) is 9.76. The van der Waals surface area contributed by atoms with Crippen LogP contribution in [0, 0.1) is 0 Å². The van der Waals surface area contributed by atoms with Crippen LogP contribution in [0.5, 0.6) is 0 Å². The highest BCUT2D eigenvalue weighted by atomic mass is 35.5. The number of hydrogen-bond donors (Lipinski definition) is 0. The highest BCUT2D eigenvalue weighted by molar-refractivity contribution is 6.27. The summed E-state index contributed by atoms with van der Waals surface area (Å²) in [5.74, 6) is 0.109. The first-order valence-electron chi connectivity index (χ1n) is 5.15. The SMILES string of the molecule is CN(C[C@@H]1CCCCN1C)C(=O)CCl. The van der Waals surface area contributed by atoms with Gasteiger partial charge in [0.05, 0.1) is 0 Å². The lowest BCUT2D eigenvalue weighted by Crippen LogP contribution is -2.45. The minimum Gasteiger partial charge on any atom is -0.343 e. The van der Waals surface area contributed by atoms with Crippen molar-refractivity contribution in [2.24, 2.45) is 0 Å². The summed E-state index contributed by atoms with van der Waals surface area (Å²) in [6, 6.07) is 0.515. The fourth-order valence-corrected chi connectivity index (χ4v) is 2.10. The zero-order chi connectivity index (χ0) is 10.6. The standard InChI is InChI=1S/C10H19ClN2O/c1-12-6-4-3-5-9(12)8-13(2)10(14)7-11/h9H,3-8H2,1-2H3/t9-/m0/s1. The molecule has 0 unspecified atom stereocenters. The Labute approximate surface area is 91.0 Å². The van der Waals surface area contributed by atoms with E-state index in [-0.39, 0.29) is 11.8 Å². The normalized spacial score (nSPS) is 23.5. The van der Waals surface area contributed by atoms with Crippen LogP contribution >= 0.6 is 11.6 Å². The molecule has 1 amide bonds. The van der Waals surface area contributed by atoms with E-state index in [1.54, 1.807) is 4.90 Å². The van der Waals surface area contributed by atoms with E-state index >= 15 is 0 Å². The highest BCUT2D eigenvalue weighted by Gasteiger charge is 2.21. The summed E-state index contributed by atoms with van der Waals surface area (Å²) in [6.45, 7) is 1.95. The first-order chi connectivity index (χ1) is 6.65. The summed E-state index contributed by atoms with van der Waals surface area (Å²) in [5, 5.41) is 0. The Kier molecular flexibility index (Phi) is 4.69. The summed E-state index contributed by atoms with van der Waals surface area (Å²) in [5.41, 5.74) is 0. The minimum atomic E-state index is 0.0191. The molecule has 14 heavy (non-hydrogen) atoms. The number of hydrogen-bond acceptors (Lipinski definition) is 2. The molecule has 1 atom stereocenters. The fourth-order valence-electron chi connectivity index (χ4n) is 1.89. The van der Waals surface area contributed by atoms with E-state index in [4.69, 9.17) is 11.6 Å². The predicted octanol–water partition coefficient (Wildman–Crippen LogP) is 1.17. The fraction of sp³-hybridized carbons (Fsp3) is 0.900. The van der Waals surface area contributed by atoms with Crippen molar-refractivity contribution in [2.75, 3.05) is 33.1 Å². The van der Waals surface area contributed by atoms with Gasteiger partial charge in [-0.15, -0.1) is 11.6 Å². The van der Waals surface area contributed by atoms with Crippen LogP contribution < -0.4 is 0 Å². The number of carbonyl (C=O) groups excluding carboxylic acids is 1. The van der Waals surface area contributed by atoms with E-state index in [1.165, 1.54) is 19.3 Å². The van der Waals surface area contributed by atoms with Gasteiger partial charge in [0, 0.05) is 19.6 Å². The molecule has 0 N–H and O–H groups in total. The van der Waals surface area contributed by atoms with Gasteiger partial charge >= 0.3 is 0 Å². The molecule has 1 aliphatic heterocycles. The predicted molar refractivity (Wildman–Crippen MR) is 58.6 cm³/mol. The molecular weight excluding hydrogens is 200 g/mol. The molecule has 0 radical (unpaired) electrons. The van der Waals surface area contributed by atoms with Crippen molar-refractivity contribution in [3.8, 4) is 0 Å². The lowest BCUT2D eigenvalue weighted by Gasteiger charge is -2.35. The molecule has 3 nitrogen and oxygen atoms in total. The largest absolute Gasteiger partial charge is 0.343 e. The van der Waals surface area contributed by atoms with Crippen LogP contribution in [0.1, 0.15) is 19.3 Å². The molecule has 1 heterocycles. The van der Waals surface area contributed by atoms with Gasteiger partial charge in [-0.2, -0.15) is 0 Å². The van der Waals surface area contributed by atoms with E-state index in [9.17, 15) is 4.79 Å². The van der Waals surface area contributed by atoms with Gasteiger partial charge in [0.1, 0.15) is 5.88 Å². The van der Waals surface area contributed by atoms with Crippen molar-refractivity contribution in [1.82, 2.24) is 9.80 Å². The summed E-state index contributed by atoms with van der Waals surface area (Å²) >= 11 is 5.50. The molecule has 0 aromatic carbocycles. The number of rotatable bonds is 3. The Balaban J connectivity index is 2.38. The van der Waals surface area contributed by atoms with Crippen molar-refractivity contribution in [1.29, 1.82) is 0 Å². The number of alkyl halides is 1. The van der Waals surface area contributed by atoms with Crippen LogP contribution in [-0.4, -0.2) is 54.8 Å². The average molecular weight is 219 g/mol. The first kappa shape index (κ1) is 11.8. The second kappa shape index (κ2) is 5.56. The Hall–Kier alpha value is -0.280. The summed E-state index contributed by atoms with van der Waals surface area (Å²) < 4.78 is 0. The van der Waals surface area contributed by atoms with Crippen LogP contribution in [0.25, 0.3) is 0 Å². The van der Waals surface area contributed by atoms with Gasteiger partial charge in [-0.1, -0.05) is 6.42 Å². The third kappa shape index (κ3) is 3.14. The molecule has 1 rings (SSSR count). The Morgan fingerprint density at radius 2 is 2.29 bits per heavy atom. The maximum Gasteiger partial charge on any atom is 0.237 e. The van der Waals surface area contributed by atoms with Crippen LogP contribution in [0.3, 0.4) is 0 Å². The summed E-state index contributed by atoms with van der Waals surface area (Å²) in [6.07, 6.45) is 3.74. The molecule has 0 aromatic heterocycles. The number of likely N-dealkylation sites (tertiary alicyclic amines) is 1. The number of halogens is 1. The average Bonchev–Trinajstić information content (AvgIpc) is 2.20. The lowest BCUT2D eigenvalue weighted by atomic mass is 10.0. The van der Waals surface area contributed by atoms with Crippen molar-refractivity contribution in [3.63, 3.8) is 0 Å². The smallest absolute Gasteiger partial charge is 0.237 e. The molecular formula is C10H19ClN2O. The zero-order valence-electron chi connectivity index (χ0n) is 9.00. The number of amides is 1. The molecule has 0 bridgehead atoms. The third-order valence-corrected chi connectivity index (χ3v) is 3.17. The van der Waals surface area contributed by atoms with Crippen molar-refractivity contribution in [2.45, 2.75) is 25.3 Å². The highest BCUT2D eigenvalue weighted by Crippen LogP contribution is 2.15. The number of nitrogens with zero attached hydrogens (tertiary/aromatic N) is 2. The van der Waals surface area contributed by atoms with Gasteiger partial charge in [-0.3, -0.25) is 4.79 Å². The van der Waals surface area contributed by atoms with Crippen molar-refractivity contribution >= 4 is 17.5 Å². The van der Waals surface area contributed by atoms with Crippen LogP contribution in [0.2, 0.25) is 0 Å². The molecule has 0 aromatic rings. The lowest BCUT2D eigenvalue weighted by molar-refractivity contribution is -0.128. The molecule has 1 saturated heterocycles. The molecule has 1 aliphatic rings. The quantitative estimate of drug-likeness (QED) is 0.664. The summed E-state index contributed by atoms with van der Waals surface area (Å²) in [7, 11) is 3.95. The molecule has 82 valence electrons. The second-order valence-electron chi connectivity index (χ2n) is 4.04. The van der Waals surface area contributed by atoms with Crippen LogP contribution in [0.15, 0.2) is 0 Å². The Bertz CT molecular complexity index is 199. The van der Waals surface area contributed by atoms with E-state index in [0.717, 1.165) is 13.1 Å². The summed E-state index contributed by atoms with van der Waals surface area (Å²) in [4.78, 5) is 15.3. The number of carbonyl (C=O) groups is 1. The van der Waals surface area contributed by atoms with E-state index in [0.29, 0.717) is 6.04 Å². The topological polar surface area (TPSA) is 23.6 Å². The first-order valence-corrected chi connectivity index (χ1v) is 5.68. The monoisotopic (exact) mass is 218 g/mol. The van der Waals surface area contributed by atoms with Gasteiger partial charge in [-0.05, 0) is 26.4 Å². The Morgan fingerprint density at radius 1 is 1.57 bits per heavy atom. The van der Waals surface area contributed by atoms with Gasteiger partial charge in [0.2, 0.25) is 5.91 Å². The number of likely N-dealkylation sites (N-methyl/N-ethyl adjacent to an activating group) is 2. The van der Waals surface area contributed by atoms with Crippen LogP contribution in [-0.2, 0) is 4.79 Å². The van der Waals surface area contributed by atoms with Gasteiger partial charge in [-0.25, -0.2) is 0 Å². The maximum absolute atomic E-state index is 11.3. The molecule has 0 aliphatic carbocycles. The van der Waals surface area contributed by atoms with E-state index in [2.05, 4.69) is 11.9 Å². The van der Waals surface area contributed by atoms with Gasteiger partial charge < -0.3 is 9.80 Å². The number of piperidine rings is 1. The molecule has 1 fully saturated rings. The van der Waals surface area contributed by atoms with Crippen molar-refractivity contribution in [3.05, 3.63) is 0 Å². The minimum absolute atomic E-state index is 0.0191.